The molecule has 4 atom stereocenters. The van der Waals surface area contributed by atoms with Gasteiger partial charge in [-0.2, -0.15) is 0 Å². The number of aliphatic hydroxyl groups excluding tert-OH is 2. The van der Waals surface area contributed by atoms with Crippen LogP contribution in [0.5, 0.6) is 0 Å². The summed E-state index contributed by atoms with van der Waals surface area (Å²) in [5, 5.41) is 28.9. The van der Waals surface area contributed by atoms with Crippen LogP contribution in [0.4, 0.5) is 0 Å². The van der Waals surface area contributed by atoms with Crippen LogP contribution in [0.2, 0.25) is 0 Å². The molecule has 0 unspecified atom stereocenters. The van der Waals surface area contributed by atoms with Crippen LogP contribution in [0.1, 0.15) is 58.3 Å². The fraction of sp³-hybridized carbons (Fsp3) is 0.464. The first kappa shape index (κ1) is 30.8. The lowest BCUT2D eigenvalue weighted by molar-refractivity contribution is -0.150. The summed E-state index contributed by atoms with van der Waals surface area (Å²) < 4.78 is 10.7. The van der Waals surface area contributed by atoms with Crippen molar-refractivity contribution in [3.05, 3.63) is 72.9 Å². The fourth-order valence-electron chi connectivity index (χ4n) is 3.17. The molecule has 0 amide bonds. The topological polar surface area (TPSA) is 130 Å². The molecule has 0 fully saturated rings. The summed E-state index contributed by atoms with van der Waals surface area (Å²) in [5.41, 5.74) is 0. The molecule has 1 heterocycles. The second kappa shape index (κ2) is 19.0. The second-order valence-electron chi connectivity index (χ2n) is 8.44. The zero-order valence-corrected chi connectivity index (χ0v) is 20.8. The maximum absolute atomic E-state index is 11.9. The summed E-state index contributed by atoms with van der Waals surface area (Å²) >= 11 is 0. The second-order valence-corrected chi connectivity index (χ2v) is 8.44. The van der Waals surface area contributed by atoms with Gasteiger partial charge in [-0.25, -0.2) is 4.79 Å². The Labute approximate surface area is 213 Å². The Hall–Kier alpha value is -3.23. The van der Waals surface area contributed by atoms with E-state index in [9.17, 15) is 24.6 Å². The number of carbonyl (C=O) groups is 3. The molecule has 0 saturated heterocycles. The number of carboxylic acids is 1. The number of hydrogen-bond acceptors (Lipinski definition) is 7. The van der Waals surface area contributed by atoms with E-state index in [1.165, 1.54) is 6.08 Å². The van der Waals surface area contributed by atoms with Gasteiger partial charge in [0.1, 0.15) is 6.10 Å². The molecule has 0 aromatic heterocycles. The maximum atomic E-state index is 11.9. The molecule has 0 radical (unpaired) electrons. The van der Waals surface area contributed by atoms with E-state index in [2.05, 4.69) is 0 Å². The van der Waals surface area contributed by atoms with Gasteiger partial charge in [0.15, 0.2) is 0 Å². The first-order valence-corrected chi connectivity index (χ1v) is 12.2. The number of aliphatic carboxylic acids is 1. The van der Waals surface area contributed by atoms with Gasteiger partial charge in [-0.15, -0.1) is 0 Å². The zero-order valence-electron chi connectivity index (χ0n) is 20.8. The number of cyclic esters (lactones) is 1. The minimum atomic E-state index is -1.08. The maximum Gasteiger partial charge on any atom is 0.331 e. The van der Waals surface area contributed by atoms with Gasteiger partial charge in [0.05, 0.1) is 31.2 Å². The third-order valence-electron chi connectivity index (χ3n) is 5.05. The molecule has 8 nitrogen and oxygen atoms in total. The Balaban J connectivity index is 2.86. The number of aliphatic hydroxyl groups is 2. The highest BCUT2D eigenvalue weighted by Crippen LogP contribution is 2.09. The largest absolute Gasteiger partial charge is 0.481 e. The van der Waals surface area contributed by atoms with Crippen molar-refractivity contribution in [1.29, 1.82) is 0 Å². The van der Waals surface area contributed by atoms with Crippen molar-refractivity contribution >= 4 is 17.9 Å². The van der Waals surface area contributed by atoms with E-state index in [1.54, 1.807) is 54.7 Å². The van der Waals surface area contributed by atoms with Crippen LogP contribution >= 0.6 is 0 Å². The van der Waals surface area contributed by atoms with Crippen molar-refractivity contribution in [2.24, 2.45) is 0 Å². The Kier molecular flexibility index (Phi) is 16.3. The molecule has 8 heteroatoms. The van der Waals surface area contributed by atoms with Crippen molar-refractivity contribution in [2.75, 3.05) is 0 Å². The van der Waals surface area contributed by atoms with Crippen molar-refractivity contribution in [2.45, 2.75) is 82.7 Å². The van der Waals surface area contributed by atoms with Gasteiger partial charge in [0.2, 0.25) is 0 Å². The molecule has 0 aromatic carbocycles. The summed E-state index contributed by atoms with van der Waals surface area (Å²) in [6.45, 7) is 1.83. The zero-order chi connectivity index (χ0) is 26.6. The Morgan fingerprint density at radius 3 is 2.44 bits per heavy atom. The van der Waals surface area contributed by atoms with Gasteiger partial charge in [-0.05, 0) is 38.7 Å². The molecule has 1 rings (SSSR count). The van der Waals surface area contributed by atoms with Crippen LogP contribution in [0.25, 0.3) is 0 Å². The number of hydrogen-bond donors (Lipinski definition) is 3. The van der Waals surface area contributed by atoms with E-state index >= 15 is 0 Å². The van der Waals surface area contributed by atoms with Gasteiger partial charge in [-0.1, -0.05) is 60.8 Å². The van der Waals surface area contributed by atoms with Crippen LogP contribution in [0.3, 0.4) is 0 Å². The van der Waals surface area contributed by atoms with Gasteiger partial charge in [0.25, 0.3) is 0 Å². The normalized spacial score (nSPS) is 27.8. The number of carboxylic acid groups (broad SMARTS) is 1. The number of carbonyl (C=O) groups excluding carboxylic acids is 2. The molecule has 0 aliphatic carbocycles. The highest BCUT2D eigenvalue weighted by atomic mass is 16.5. The highest BCUT2D eigenvalue weighted by molar-refractivity contribution is 5.82. The number of rotatable bonds is 4. The molecule has 0 saturated carbocycles. The fourth-order valence-corrected chi connectivity index (χ4v) is 3.17. The average Bonchev–Trinajstić information content (AvgIpc) is 2.80. The standard InChI is InChI=1S/C28H38O8/c1-22-13-7-3-2-4-8-14-23(29)21-24(30)15-9-5-10-16-25(36-28(34)20-19-26(31)32)17-11-6-12-18-27(33)35-22/h2,4-6,8-12,14,16,18,22-25,29-30H,3,7,13,15,17,19-21H2,1H3,(H,31,32)/b4-2+,9-5?,11-6+,14-8+,16-10?,18-12?/t22-,23+,24+,25-/m1/s1. The van der Waals surface area contributed by atoms with E-state index < -0.39 is 36.2 Å². The Morgan fingerprint density at radius 2 is 1.67 bits per heavy atom. The van der Waals surface area contributed by atoms with Gasteiger partial charge in [-0.3, -0.25) is 9.59 Å². The molecule has 0 bridgehead atoms. The molecule has 1 aliphatic heterocycles. The van der Waals surface area contributed by atoms with Crippen LogP contribution in [0, 0.1) is 0 Å². The molecular weight excluding hydrogens is 464 g/mol. The van der Waals surface area contributed by atoms with Crippen LogP contribution in [-0.2, 0) is 23.9 Å². The number of ether oxygens (including phenoxy) is 2. The minimum Gasteiger partial charge on any atom is -0.481 e. The molecule has 0 spiro atoms. The van der Waals surface area contributed by atoms with E-state index in [1.807, 2.05) is 19.1 Å². The molecule has 198 valence electrons. The summed E-state index contributed by atoms with van der Waals surface area (Å²) in [7, 11) is 0. The molecule has 1 aliphatic rings. The molecular formula is C28H38O8. The van der Waals surface area contributed by atoms with Gasteiger partial charge < -0.3 is 24.8 Å². The SMILES string of the molecule is C[C@@H]1CCC/C=C/C=C/[C@H](O)C[C@@H](O)CC=CC=C[C@@H](OC(=O)CCC(=O)O)C/C=C/C=CC(=O)O1. The highest BCUT2D eigenvalue weighted by Gasteiger charge is 2.12. The number of esters is 2. The van der Waals surface area contributed by atoms with Crippen molar-refractivity contribution in [1.82, 2.24) is 0 Å². The van der Waals surface area contributed by atoms with E-state index in [0.29, 0.717) is 19.3 Å². The summed E-state index contributed by atoms with van der Waals surface area (Å²) in [4.78, 5) is 34.6. The van der Waals surface area contributed by atoms with Crippen LogP contribution in [0.15, 0.2) is 72.9 Å². The third kappa shape index (κ3) is 17.2. The molecule has 0 aromatic rings. The smallest absolute Gasteiger partial charge is 0.331 e. The predicted molar refractivity (Wildman–Crippen MR) is 137 cm³/mol. The van der Waals surface area contributed by atoms with Crippen LogP contribution < -0.4 is 0 Å². The van der Waals surface area contributed by atoms with E-state index in [4.69, 9.17) is 14.6 Å². The van der Waals surface area contributed by atoms with Gasteiger partial charge in [0, 0.05) is 18.9 Å². The Morgan fingerprint density at radius 1 is 0.972 bits per heavy atom. The van der Waals surface area contributed by atoms with Crippen molar-refractivity contribution < 1.29 is 39.2 Å². The third-order valence-corrected chi connectivity index (χ3v) is 5.05. The average molecular weight is 503 g/mol. The molecule has 36 heavy (non-hydrogen) atoms. The Bertz CT molecular complexity index is 850. The summed E-state index contributed by atoms with van der Waals surface area (Å²) in [5.74, 6) is -2.16. The number of allylic oxidation sites excluding steroid dienone is 7. The quantitative estimate of drug-likeness (QED) is 0.490. The summed E-state index contributed by atoms with van der Waals surface area (Å²) in [6.07, 6.45) is 20.5. The van der Waals surface area contributed by atoms with Gasteiger partial charge >= 0.3 is 17.9 Å². The first-order valence-electron chi connectivity index (χ1n) is 12.2. The minimum absolute atomic E-state index is 0.198. The van der Waals surface area contributed by atoms with E-state index in [-0.39, 0.29) is 25.4 Å². The lowest BCUT2D eigenvalue weighted by Crippen LogP contribution is -2.16. The lowest BCUT2D eigenvalue weighted by atomic mass is 10.1. The first-order chi connectivity index (χ1) is 17.3. The molecule has 3 N–H and O–H groups in total. The van der Waals surface area contributed by atoms with Crippen molar-refractivity contribution in [3.8, 4) is 0 Å². The predicted octanol–water partition coefficient (Wildman–Crippen LogP) is 4.11. The van der Waals surface area contributed by atoms with Crippen LogP contribution in [-0.4, -0.2) is 57.6 Å². The lowest BCUT2D eigenvalue weighted by Gasteiger charge is -2.12. The van der Waals surface area contributed by atoms with Crippen molar-refractivity contribution in [3.63, 3.8) is 0 Å². The monoisotopic (exact) mass is 502 g/mol. The van der Waals surface area contributed by atoms with E-state index in [0.717, 1.165) is 12.8 Å². The summed E-state index contributed by atoms with van der Waals surface area (Å²) in [6, 6.07) is 0.